The summed E-state index contributed by atoms with van der Waals surface area (Å²) in [7, 11) is 1.64. The summed E-state index contributed by atoms with van der Waals surface area (Å²) in [4.78, 5) is 12.7. The van der Waals surface area contributed by atoms with Gasteiger partial charge in [0.2, 0.25) is 0 Å². The van der Waals surface area contributed by atoms with Crippen molar-refractivity contribution in [3.63, 3.8) is 0 Å². The molecule has 3 nitrogen and oxygen atoms in total. The first kappa shape index (κ1) is 16.3. The average molecular weight is 322 g/mol. The van der Waals surface area contributed by atoms with E-state index in [1.165, 1.54) is 0 Å². The van der Waals surface area contributed by atoms with Crippen molar-refractivity contribution in [3.05, 3.63) is 64.7 Å². The molecular weight excluding hydrogens is 300 g/mol. The van der Waals surface area contributed by atoms with Crippen LogP contribution in [0, 0.1) is 0 Å². The van der Waals surface area contributed by atoms with Gasteiger partial charge in [-0.15, -0.1) is 0 Å². The molecule has 0 unspecified atom stereocenters. The molecule has 0 radical (unpaired) electrons. The highest BCUT2D eigenvalue weighted by molar-refractivity contribution is 6.13. The van der Waals surface area contributed by atoms with Gasteiger partial charge in [0.1, 0.15) is 11.5 Å². The number of Topliss-reactive ketones (excluding diaryl/α,β-unsaturated/α-hetero) is 1. The lowest BCUT2D eigenvalue weighted by molar-refractivity contribution is 0.102. The van der Waals surface area contributed by atoms with E-state index in [1.807, 2.05) is 48.5 Å². The summed E-state index contributed by atoms with van der Waals surface area (Å²) in [5, 5.41) is 0. The van der Waals surface area contributed by atoms with E-state index in [0.29, 0.717) is 0 Å². The molecule has 0 aliphatic heterocycles. The number of hydrogen-bond acceptors (Lipinski definition) is 3. The third-order valence-corrected chi connectivity index (χ3v) is 4.21. The second-order valence-corrected chi connectivity index (χ2v) is 5.94. The van der Waals surface area contributed by atoms with Gasteiger partial charge in [-0.05, 0) is 66.8 Å². The number of allylic oxidation sites excluding steroid dienone is 1. The summed E-state index contributed by atoms with van der Waals surface area (Å²) in [6, 6.07) is 13.6. The Bertz CT molecular complexity index is 757. The number of carbonyl (C=O) groups excluding carboxylic acids is 1. The van der Waals surface area contributed by atoms with Crippen LogP contribution in [0.2, 0.25) is 0 Å². The van der Waals surface area contributed by atoms with Crippen LogP contribution < -0.4 is 9.47 Å². The van der Waals surface area contributed by atoms with Gasteiger partial charge in [0, 0.05) is 11.1 Å². The van der Waals surface area contributed by atoms with Crippen LogP contribution in [0.25, 0.3) is 6.08 Å². The van der Waals surface area contributed by atoms with Crippen LogP contribution in [-0.4, -0.2) is 19.5 Å². The number of aryl methyl sites for hydroxylation is 1. The maximum Gasteiger partial charge on any atom is 0.189 e. The molecule has 0 bridgehead atoms. The number of hydrogen-bond donors (Lipinski definition) is 0. The molecule has 0 saturated carbocycles. The van der Waals surface area contributed by atoms with E-state index in [2.05, 4.69) is 6.92 Å². The van der Waals surface area contributed by atoms with Crippen LogP contribution in [0.4, 0.5) is 0 Å². The summed E-state index contributed by atoms with van der Waals surface area (Å²) >= 11 is 0. The highest BCUT2D eigenvalue weighted by atomic mass is 16.5. The third-order valence-electron chi connectivity index (χ3n) is 4.21. The van der Waals surface area contributed by atoms with Crippen molar-refractivity contribution in [1.82, 2.24) is 0 Å². The summed E-state index contributed by atoms with van der Waals surface area (Å²) in [5.74, 6) is 1.79. The molecule has 0 heterocycles. The number of methoxy groups -OCH3 is 1. The Morgan fingerprint density at radius 3 is 2.50 bits per heavy atom. The zero-order valence-corrected chi connectivity index (χ0v) is 14.2. The van der Waals surface area contributed by atoms with Crippen molar-refractivity contribution < 1.29 is 14.3 Å². The standard InChI is InChI=1S/C21H22O3/c1-3-12-24-18-8-4-15(5-9-18)13-17-7-6-16-14-19(23-2)10-11-20(16)21(17)22/h4-5,8-11,13-14H,3,6-7,12H2,1-2H3/b17-13+. The van der Waals surface area contributed by atoms with E-state index in [-0.39, 0.29) is 5.78 Å². The smallest absolute Gasteiger partial charge is 0.189 e. The van der Waals surface area contributed by atoms with Crippen LogP contribution in [-0.2, 0) is 6.42 Å². The van der Waals surface area contributed by atoms with Crippen LogP contribution in [0.3, 0.4) is 0 Å². The summed E-state index contributed by atoms with van der Waals surface area (Å²) in [6.45, 7) is 2.81. The van der Waals surface area contributed by atoms with E-state index < -0.39 is 0 Å². The molecule has 0 saturated heterocycles. The van der Waals surface area contributed by atoms with Crippen molar-refractivity contribution in [3.8, 4) is 11.5 Å². The van der Waals surface area contributed by atoms with Crippen molar-refractivity contribution >= 4 is 11.9 Å². The molecular formula is C21H22O3. The first-order valence-corrected chi connectivity index (χ1v) is 8.36. The quantitative estimate of drug-likeness (QED) is 0.749. The highest BCUT2D eigenvalue weighted by Gasteiger charge is 2.22. The van der Waals surface area contributed by atoms with Gasteiger partial charge in [-0.3, -0.25) is 4.79 Å². The predicted octanol–water partition coefficient (Wildman–Crippen LogP) is 4.70. The van der Waals surface area contributed by atoms with Crippen molar-refractivity contribution in [2.75, 3.05) is 13.7 Å². The molecule has 3 rings (SSSR count). The largest absolute Gasteiger partial charge is 0.497 e. The van der Waals surface area contributed by atoms with E-state index >= 15 is 0 Å². The van der Waals surface area contributed by atoms with Gasteiger partial charge in [0.15, 0.2) is 5.78 Å². The minimum Gasteiger partial charge on any atom is -0.497 e. The molecule has 0 amide bonds. The number of ether oxygens (including phenoxy) is 2. The lowest BCUT2D eigenvalue weighted by atomic mass is 9.86. The summed E-state index contributed by atoms with van der Waals surface area (Å²) in [5.41, 5.74) is 3.74. The number of ketones is 1. The normalized spacial score (nSPS) is 15.2. The Hall–Kier alpha value is -2.55. The minimum atomic E-state index is 0.116. The molecule has 0 spiro atoms. The number of carbonyl (C=O) groups is 1. The summed E-state index contributed by atoms with van der Waals surface area (Å²) in [6.07, 6.45) is 4.60. The Balaban J connectivity index is 1.79. The molecule has 1 aliphatic carbocycles. The van der Waals surface area contributed by atoms with Gasteiger partial charge < -0.3 is 9.47 Å². The van der Waals surface area contributed by atoms with E-state index in [9.17, 15) is 4.79 Å². The zero-order chi connectivity index (χ0) is 16.9. The fraction of sp³-hybridized carbons (Fsp3) is 0.286. The Morgan fingerprint density at radius 2 is 1.79 bits per heavy atom. The maximum absolute atomic E-state index is 12.7. The Kier molecular flexibility index (Phi) is 4.99. The average Bonchev–Trinajstić information content (AvgIpc) is 2.63. The van der Waals surface area contributed by atoms with Crippen molar-refractivity contribution in [2.45, 2.75) is 26.2 Å². The van der Waals surface area contributed by atoms with E-state index in [4.69, 9.17) is 9.47 Å². The van der Waals surface area contributed by atoms with Gasteiger partial charge in [-0.1, -0.05) is 19.1 Å². The molecule has 0 atom stereocenters. The lowest BCUT2D eigenvalue weighted by Crippen LogP contribution is -2.14. The molecule has 24 heavy (non-hydrogen) atoms. The fourth-order valence-corrected chi connectivity index (χ4v) is 2.90. The molecule has 0 aromatic heterocycles. The molecule has 2 aromatic rings. The zero-order valence-electron chi connectivity index (χ0n) is 14.2. The molecule has 3 heteroatoms. The van der Waals surface area contributed by atoms with E-state index in [0.717, 1.165) is 59.6 Å². The van der Waals surface area contributed by atoms with Gasteiger partial charge in [-0.25, -0.2) is 0 Å². The first-order chi connectivity index (χ1) is 11.7. The monoisotopic (exact) mass is 322 g/mol. The van der Waals surface area contributed by atoms with Crippen molar-refractivity contribution in [2.24, 2.45) is 0 Å². The number of rotatable bonds is 5. The molecule has 0 N–H and O–H groups in total. The molecule has 2 aromatic carbocycles. The van der Waals surface area contributed by atoms with Crippen LogP contribution in [0.15, 0.2) is 48.0 Å². The van der Waals surface area contributed by atoms with Crippen LogP contribution in [0.5, 0.6) is 11.5 Å². The van der Waals surface area contributed by atoms with Crippen LogP contribution in [0.1, 0.15) is 41.3 Å². The Morgan fingerprint density at radius 1 is 1.04 bits per heavy atom. The first-order valence-electron chi connectivity index (χ1n) is 8.36. The van der Waals surface area contributed by atoms with Gasteiger partial charge in [0.05, 0.1) is 13.7 Å². The van der Waals surface area contributed by atoms with Crippen molar-refractivity contribution in [1.29, 1.82) is 0 Å². The second kappa shape index (κ2) is 7.35. The summed E-state index contributed by atoms with van der Waals surface area (Å²) < 4.78 is 10.8. The topological polar surface area (TPSA) is 35.5 Å². The maximum atomic E-state index is 12.7. The highest BCUT2D eigenvalue weighted by Crippen LogP contribution is 2.29. The fourth-order valence-electron chi connectivity index (χ4n) is 2.90. The molecule has 1 aliphatic rings. The molecule has 0 fully saturated rings. The lowest BCUT2D eigenvalue weighted by Gasteiger charge is -2.18. The Labute approximate surface area is 142 Å². The minimum absolute atomic E-state index is 0.116. The van der Waals surface area contributed by atoms with Gasteiger partial charge >= 0.3 is 0 Å². The number of benzene rings is 2. The molecule has 124 valence electrons. The van der Waals surface area contributed by atoms with E-state index in [1.54, 1.807) is 7.11 Å². The third kappa shape index (κ3) is 3.51. The SMILES string of the molecule is CCCOc1ccc(/C=C2\CCc3cc(OC)ccc3C2=O)cc1. The second-order valence-electron chi connectivity index (χ2n) is 5.94. The van der Waals surface area contributed by atoms with Gasteiger partial charge in [-0.2, -0.15) is 0 Å². The number of fused-ring (bicyclic) bond motifs is 1. The predicted molar refractivity (Wildman–Crippen MR) is 95.9 cm³/mol. The van der Waals surface area contributed by atoms with Crippen LogP contribution >= 0.6 is 0 Å². The van der Waals surface area contributed by atoms with Gasteiger partial charge in [0.25, 0.3) is 0 Å².